The second kappa shape index (κ2) is 10.1. The molecular formula is C22H29ClF3N5O. The largest absolute Gasteiger partial charge is 0.410 e. The van der Waals surface area contributed by atoms with E-state index in [-0.39, 0.29) is 23.0 Å². The smallest absolute Gasteiger partial charge is 0.362 e. The summed E-state index contributed by atoms with van der Waals surface area (Å²) in [6, 6.07) is 4.81. The third-order valence-corrected chi connectivity index (χ3v) is 6.18. The van der Waals surface area contributed by atoms with E-state index in [1.54, 1.807) is 12.1 Å². The van der Waals surface area contributed by atoms with Crippen molar-refractivity contribution in [3.8, 4) is 0 Å². The van der Waals surface area contributed by atoms with Gasteiger partial charge in [0.2, 0.25) is 0 Å². The summed E-state index contributed by atoms with van der Waals surface area (Å²) in [7, 11) is 0. The minimum absolute atomic E-state index is 0.0131. The molecule has 0 saturated heterocycles. The van der Waals surface area contributed by atoms with Crippen molar-refractivity contribution in [1.29, 1.82) is 0 Å². The summed E-state index contributed by atoms with van der Waals surface area (Å²) < 4.78 is 42.4. The summed E-state index contributed by atoms with van der Waals surface area (Å²) in [5.41, 5.74) is 1.53. The number of nitrogens with zero attached hydrogens (tertiary/aromatic N) is 3. The lowest BCUT2D eigenvalue weighted by Crippen LogP contribution is -2.36. The molecule has 1 aliphatic rings. The maximum Gasteiger partial charge on any atom is 0.410 e. The molecule has 0 spiro atoms. The number of alkyl halides is 3. The molecule has 1 aliphatic heterocycles. The van der Waals surface area contributed by atoms with E-state index in [1.807, 2.05) is 19.1 Å². The quantitative estimate of drug-likeness (QED) is 0.534. The molecule has 2 unspecified atom stereocenters. The number of halogens is 4. The molecule has 2 aromatic rings. The Kier molecular flexibility index (Phi) is 7.71. The fourth-order valence-corrected chi connectivity index (χ4v) is 4.14. The van der Waals surface area contributed by atoms with Crippen LogP contribution >= 0.6 is 11.6 Å². The van der Waals surface area contributed by atoms with Gasteiger partial charge in [-0.15, -0.1) is 0 Å². The molecule has 2 N–H and O–H groups in total. The third kappa shape index (κ3) is 5.38. The molecular weight excluding hydrogens is 443 g/mol. The first-order chi connectivity index (χ1) is 15.2. The Morgan fingerprint density at radius 3 is 2.53 bits per heavy atom. The Morgan fingerprint density at radius 1 is 1.28 bits per heavy atom. The van der Waals surface area contributed by atoms with E-state index in [1.165, 1.54) is 0 Å². The summed E-state index contributed by atoms with van der Waals surface area (Å²) in [6.45, 7) is 9.06. The number of nitrogens with one attached hydrogen (secondary N) is 2. The summed E-state index contributed by atoms with van der Waals surface area (Å²) in [4.78, 5) is 14.8. The van der Waals surface area contributed by atoms with E-state index in [0.29, 0.717) is 6.54 Å². The molecule has 1 aromatic carbocycles. The first-order valence-corrected chi connectivity index (χ1v) is 11.2. The predicted molar refractivity (Wildman–Crippen MR) is 119 cm³/mol. The standard InChI is InChI=1S/C22H29ClF3N5O/c1-4-30(5-2)12-6-11-27-21(32)19-18(23)20-28-16(15-9-7-14(3)8-10-15)13-17(22(24,25)26)31(20)29-19/h7-10,16-17,28H,4-6,11-13H2,1-3H3,(H,27,32). The topological polar surface area (TPSA) is 62.2 Å². The normalized spacial score (nSPS) is 18.4. The van der Waals surface area contributed by atoms with Crippen molar-refractivity contribution in [1.82, 2.24) is 20.0 Å². The molecule has 3 rings (SSSR count). The van der Waals surface area contributed by atoms with E-state index >= 15 is 0 Å². The molecule has 0 saturated carbocycles. The number of amides is 1. The average molecular weight is 472 g/mol. The number of fused-ring (bicyclic) bond motifs is 1. The SMILES string of the molecule is CCN(CC)CCCNC(=O)c1nn2c(c1Cl)NC(c1ccc(C)cc1)CC2C(F)(F)F. The molecule has 1 amide bonds. The Morgan fingerprint density at radius 2 is 1.94 bits per heavy atom. The molecule has 6 nitrogen and oxygen atoms in total. The molecule has 176 valence electrons. The molecule has 1 aromatic heterocycles. The maximum atomic E-state index is 13.9. The Hall–Kier alpha value is -2.26. The van der Waals surface area contributed by atoms with Gasteiger partial charge in [-0.2, -0.15) is 18.3 Å². The number of rotatable bonds is 8. The van der Waals surface area contributed by atoms with E-state index in [9.17, 15) is 18.0 Å². The summed E-state index contributed by atoms with van der Waals surface area (Å²) in [5, 5.41) is 9.64. The van der Waals surface area contributed by atoms with Crippen LogP contribution in [0.2, 0.25) is 5.02 Å². The van der Waals surface area contributed by atoms with Gasteiger partial charge in [-0.25, -0.2) is 4.68 Å². The van der Waals surface area contributed by atoms with E-state index in [2.05, 4.69) is 34.5 Å². The second-order valence-electron chi connectivity index (χ2n) is 7.99. The van der Waals surface area contributed by atoms with Crippen molar-refractivity contribution >= 4 is 23.3 Å². The van der Waals surface area contributed by atoms with Crippen LogP contribution in [0.5, 0.6) is 0 Å². The van der Waals surface area contributed by atoms with Gasteiger partial charge < -0.3 is 15.5 Å². The number of carbonyl (C=O) groups is 1. The molecule has 32 heavy (non-hydrogen) atoms. The van der Waals surface area contributed by atoms with Gasteiger partial charge in [-0.3, -0.25) is 4.79 Å². The van der Waals surface area contributed by atoms with Gasteiger partial charge in [-0.1, -0.05) is 55.3 Å². The van der Waals surface area contributed by atoms with Crippen molar-refractivity contribution in [3.63, 3.8) is 0 Å². The van der Waals surface area contributed by atoms with Crippen LogP contribution in [0.4, 0.5) is 19.0 Å². The zero-order chi connectivity index (χ0) is 23.5. The monoisotopic (exact) mass is 471 g/mol. The molecule has 0 bridgehead atoms. The zero-order valence-corrected chi connectivity index (χ0v) is 19.2. The first kappa shape index (κ1) is 24.4. The van der Waals surface area contributed by atoms with Gasteiger partial charge in [0.1, 0.15) is 10.8 Å². The highest BCUT2D eigenvalue weighted by atomic mass is 35.5. The van der Waals surface area contributed by atoms with Crippen molar-refractivity contribution in [3.05, 3.63) is 46.1 Å². The van der Waals surface area contributed by atoms with E-state index in [4.69, 9.17) is 11.6 Å². The molecule has 10 heteroatoms. The van der Waals surface area contributed by atoms with Crippen LogP contribution in [0.3, 0.4) is 0 Å². The highest BCUT2D eigenvalue weighted by Crippen LogP contribution is 2.46. The maximum absolute atomic E-state index is 13.9. The highest BCUT2D eigenvalue weighted by Gasteiger charge is 2.47. The number of hydrogen-bond donors (Lipinski definition) is 2. The highest BCUT2D eigenvalue weighted by molar-refractivity contribution is 6.36. The summed E-state index contributed by atoms with van der Waals surface area (Å²) in [6.07, 6.45) is -4.06. The van der Waals surface area contributed by atoms with E-state index < -0.39 is 24.2 Å². The van der Waals surface area contributed by atoms with Crippen LogP contribution in [-0.2, 0) is 0 Å². The number of benzene rings is 1. The van der Waals surface area contributed by atoms with Crippen LogP contribution in [0, 0.1) is 6.92 Å². The minimum Gasteiger partial charge on any atom is -0.362 e. The average Bonchev–Trinajstić information content (AvgIpc) is 3.09. The van der Waals surface area contributed by atoms with Crippen molar-refractivity contribution in [2.24, 2.45) is 0 Å². The van der Waals surface area contributed by atoms with Gasteiger partial charge in [0.25, 0.3) is 5.91 Å². The van der Waals surface area contributed by atoms with Gasteiger partial charge in [0.05, 0.1) is 6.04 Å². The lowest BCUT2D eigenvalue weighted by atomic mass is 9.96. The fourth-order valence-electron chi connectivity index (χ4n) is 3.88. The number of aryl methyl sites for hydroxylation is 1. The molecule has 2 atom stereocenters. The lowest BCUT2D eigenvalue weighted by molar-refractivity contribution is -0.173. The third-order valence-electron chi connectivity index (χ3n) is 5.82. The fraction of sp³-hybridized carbons (Fsp3) is 0.545. The van der Waals surface area contributed by atoms with Crippen LogP contribution in [0.25, 0.3) is 0 Å². The van der Waals surface area contributed by atoms with Crippen LogP contribution in [0.15, 0.2) is 24.3 Å². The predicted octanol–water partition coefficient (Wildman–Crippen LogP) is 4.97. The van der Waals surface area contributed by atoms with Gasteiger partial charge in [-0.05, 0) is 38.5 Å². The van der Waals surface area contributed by atoms with Gasteiger partial charge >= 0.3 is 6.18 Å². The number of anilines is 1. The number of hydrogen-bond acceptors (Lipinski definition) is 4. The minimum atomic E-state index is -4.54. The first-order valence-electron chi connectivity index (χ1n) is 10.8. The Balaban J connectivity index is 1.80. The van der Waals surface area contributed by atoms with Gasteiger partial charge in [0.15, 0.2) is 11.7 Å². The van der Waals surface area contributed by atoms with Gasteiger partial charge in [0, 0.05) is 13.0 Å². The van der Waals surface area contributed by atoms with E-state index in [0.717, 1.165) is 41.9 Å². The summed E-state index contributed by atoms with van der Waals surface area (Å²) >= 11 is 6.36. The number of carbonyl (C=O) groups excluding carboxylic acids is 1. The Bertz CT molecular complexity index is 925. The molecule has 2 heterocycles. The van der Waals surface area contributed by atoms with Crippen LogP contribution in [-0.4, -0.2) is 52.9 Å². The zero-order valence-electron chi connectivity index (χ0n) is 18.5. The summed E-state index contributed by atoms with van der Waals surface area (Å²) in [5.74, 6) is -0.565. The second-order valence-corrected chi connectivity index (χ2v) is 8.37. The molecule has 0 aliphatic carbocycles. The van der Waals surface area contributed by atoms with Crippen molar-refractivity contribution < 1.29 is 18.0 Å². The Labute approximate surface area is 191 Å². The van der Waals surface area contributed by atoms with Crippen LogP contribution < -0.4 is 10.6 Å². The molecule has 0 radical (unpaired) electrons. The molecule has 0 fully saturated rings. The van der Waals surface area contributed by atoms with Crippen molar-refractivity contribution in [2.45, 2.75) is 51.9 Å². The van der Waals surface area contributed by atoms with Crippen molar-refractivity contribution in [2.75, 3.05) is 31.5 Å². The number of aromatic nitrogens is 2. The van der Waals surface area contributed by atoms with Crippen LogP contribution in [0.1, 0.15) is 60.4 Å². The lowest BCUT2D eigenvalue weighted by Gasteiger charge is -2.33.